The van der Waals surface area contributed by atoms with Gasteiger partial charge in [0.1, 0.15) is 5.76 Å². The third-order valence-electron chi connectivity index (χ3n) is 3.69. The van der Waals surface area contributed by atoms with Crippen molar-refractivity contribution < 1.29 is 4.42 Å². The van der Waals surface area contributed by atoms with E-state index in [0.717, 1.165) is 24.8 Å². The van der Waals surface area contributed by atoms with E-state index in [9.17, 15) is 0 Å². The summed E-state index contributed by atoms with van der Waals surface area (Å²) in [7, 11) is 0. The predicted octanol–water partition coefficient (Wildman–Crippen LogP) is 2.28. The van der Waals surface area contributed by atoms with E-state index >= 15 is 0 Å². The van der Waals surface area contributed by atoms with E-state index in [-0.39, 0.29) is 0 Å². The first-order chi connectivity index (χ1) is 8.29. The van der Waals surface area contributed by atoms with Gasteiger partial charge in [-0.2, -0.15) is 0 Å². The Balaban J connectivity index is 1.70. The standard InChI is InChI=1S/C14H24N2O/c1-3-16-8-4-6-13(16)11-15-12(2)10-14-7-5-9-17-14/h5,7,9,12-13,15H,3-4,6,8,10-11H2,1-2H3. The van der Waals surface area contributed by atoms with Crippen LogP contribution in [-0.2, 0) is 6.42 Å². The van der Waals surface area contributed by atoms with Crippen LogP contribution >= 0.6 is 0 Å². The molecule has 1 fully saturated rings. The summed E-state index contributed by atoms with van der Waals surface area (Å²) in [5.41, 5.74) is 0. The molecule has 1 aliphatic rings. The van der Waals surface area contributed by atoms with Gasteiger partial charge >= 0.3 is 0 Å². The van der Waals surface area contributed by atoms with Crippen molar-refractivity contribution in [1.29, 1.82) is 0 Å². The van der Waals surface area contributed by atoms with Gasteiger partial charge in [0.05, 0.1) is 6.26 Å². The molecule has 1 aromatic heterocycles. The summed E-state index contributed by atoms with van der Waals surface area (Å²) >= 11 is 0. The van der Waals surface area contributed by atoms with Crippen LogP contribution in [0.1, 0.15) is 32.4 Å². The minimum absolute atomic E-state index is 0.487. The molecule has 0 spiro atoms. The summed E-state index contributed by atoms with van der Waals surface area (Å²) in [6.07, 6.45) is 5.42. The van der Waals surface area contributed by atoms with Gasteiger partial charge in [-0.05, 0) is 45.0 Å². The predicted molar refractivity (Wildman–Crippen MR) is 70.1 cm³/mol. The van der Waals surface area contributed by atoms with E-state index in [1.165, 1.54) is 25.9 Å². The molecule has 2 rings (SSSR count). The van der Waals surface area contributed by atoms with E-state index in [0.29, 0.717) is 6.04 Å². The summed E-state index contributed by atoms with van der Waals surface area (Å²) in [6.45, 7) is 8.04. The lowest BCUT2D eigenvalue weighted by Crippen LogP contribution is -2.41. The molecule has 0 radical (unpaired) electrons. The van der Waals surface area contributed by atoms with Crippen LogP contribution in [0.3, 0.4) is 0 Å². The first kappa shape index (κ1) is 12.7. The molecule has 2 unspecified atom stereocenters. The number of hydrogen-bond donors (Lipinski definition) is 1. The molecule has 3 nitrogen and oxygen atoms in total. The summed E-state index contributed by atoms with van der Waals surface area (Å²) in [6, 6.07) is 5.23. The van der Waals surface area contributed by atoms with Gasteiger partial charge in [0.2, 0.25) is 0 Å². The van der Waals surface area contributed by atoms with E-state index < -0.39 is 0 Å². The van der Waals surface area contributed by atoms with Crippen molar-refractivity contribution in [2.45, 2.75) is 45.2 Å². The Morgan fingerprint density at radius 3 is 3.18 bits per heavy atom. The van der Waals surface area contributed by atoms with Gasteiger partial charge < -0.3 is 9.73 Å². The SMILES string of the molecule is CCN1CCCC1CNC(C)Cc1ccco1. The summed E-state index contributed by atoms with van der Waals surface area (Å²) in [4.78, 5) is 2.58. The molecule has 2 atom stereocenters. The van der Waals surface area contributed by atoms with Crippen LogP contribution in [0.5, 0.6) is 0 Å². The molecular weight excluding hydrogens is 212 g/mol. The van der Waals surface area contributed by atoms with Crippen molar-refractivity contribution in [3.05, 3.63) is 24.2 Å². The van der Waals surface area contributed by atoms with Crippen LogP contribution in [-0.4, -0.2) is 36.6 Å². The third-order valence-corrected chi connectivity index (χ3v) is 3.69. The van der Waals surface area contributed by atoms with Crippen molar-refractivity contribution in [2.75, 3.05) is 19.6 Å². The number of nitrogens with zero attached hydrogens (tertiary/aromatic N) is 1. The smallest absolute Gasteiger partial charge is 0.105 e. The average molecular weight is 236 g/mol. The Morgan fingerprint density at radius 1 is 1.59 bits per heavy atom. The van der Waals surface area contributed by atoms with Crippen molar-refractivity contribution in [3.63, 3.8) is 0 Å². The highest BCUT2D eigenvalue weighted by molar-refractivity contribution is 5.00. The Hall–Kier alpha value is -0.800. The van der Waals surface area contributed by atoms with Gasteiger partial charge in [-0.1, -0.05) is 6.92 Å². The topological polar surface area (TPSA) is 28.4 Å². The van der Waals surface area contributed by atoms with Crippen molar-refractivity contribution in [3.8, 4) is 0 Å². The van der Waals surface area contributed by atoms with Gasteiger partial charge in [0.25, 0.3) is 0 Å². The number of likely N-dealkylation sites (tertiary alicyclic amines) is 1. The van der Waals surface area contributed by atoms with Crippen molar-refractivity contribution in [1.82, 2.24) is 10.2 Å². The lowest BCUT2D eigenvalue weighted by molar-refractivity contribution is 0.254. The highest BCUT2D eigenvalue weighted by atomic mass is 16.3. The van der Waals surface area contributed by atoms with E-state index in [4.69, 9.17) is 4.42 Å². The zero-order valence-corrected chi connectivity index (χ0v) is 11.0. The van der Waals surface area contributed by atoms with Gasteiger partial charge in [-0.15, -0.1) is 0 Å². The molecule has 0 aromatic carbocycles. The van der Waals surface area contributed by atoms with Crippen LogP contribution in [0.15, 0.2) is 22.8 Å². The second-order valence-electron chi connectivity index (χ2n) is 5.02. The van der Waals surface area contributed by atoms with Crippen LogP contribution in [0, 0.1) is 0 Å². The normalized spacial score (nSPS) is 23.1. The maximum Gasteiger partial charge on any atom is 0.105 e. The lowest BCUT2D eigenvalue weighted by Gasteiger charge is -2.24. The molecular formula is C14H24N2O. The van der Waals surface area contributed by atoms with Crippen LogP contribution in [0.25, 0.3) is 0 Å². The van der Waals surface area contributed by atoms with E-state index in [2.05, 4.69) is 24.1 Å². The second-order valence-corrected chi connectivity index (χ2v) is 5.02. The van der Waals surface area contributed by atoms with Crippen LogP contribution in [0.2, 0.25) is 0 Å². The molecule has 0 aliphatic carbocycles. The van der Waals surface area contributed by atoms with Gasteiger partial charge in [-0.25, -0.2) is 0 Å². The van der Waals surface area contributed by atoms with Crippen LogP contribution < -0.4 is 5.32 Å². The average Bonchev–Trinajstić information content (AvgIpc) is 2.96. The monoisotopic (exact) mass is 236 g/mol. The Labute approximate surface area is 104 Å². The number of rotatable bonds is 6. The quantitative estimate of drug-likeness (QED) is 0.821. The Kier molecular flexibility index (Phi) is 4.63. The zero-order chi connectivity index (χ0) is 12.1. The van der Waals surface area contributed by atoms with Crippen molar-refractivity contribution >= 4 is 0 Å². The molecule has 1 aromatic rings. The molecule has 1 saturated heterocycles. The molecule has 0 bridgehead atoms. The van der Waals surface area contributed by atoms with Crippen molar-refractivity contribution in [2.24, 2.45) is 0 Å². The number of nitrogens with one attached hydrogen (secondary N) is 1. The molecule has 0 saturated carbocycles. The zero-order valence-electron chi connectivity index (χ0n) is 11.0. The highest BCUT2D eigenvalue weighted by Gasteiger charge is 2.22. The van der Waals surface area contributed by atoms with E-state index in [1.54, 1.807) is 6.26 Å². The van der Waals surface area contributed by atoms with E-state index in [1.807, 2.05) is 12.1 Å². The first-order valence-corrected chi connectivity index (χ1v) is 6.79. The molecule has 17 heavy (non-hydrogen) atoms. The fourth-order valence-corrected chi connectivity index (χ4v) is 2.68. The molecule has 1 N–H and O–H groups in total. The lowest BCUT2D eigenvalue weighted by atomic mass is 10.1. The molecule has 3 heteroatoms. The molecule has 96 valence electrons. The summed E-state index contributed by atoms with van der Waals surface area (Å²) in [5, 5.41) is 3.63. The first-order valence-electron chi connectivity index (χ1n) is 6.79. The Morgan fingerprint density at radius 2 is 2.47 bits per heavy atom. The fourth-order valence-electron chi connectivity index (χ4n) is 2.68. The second kappa shape index (κ2) is 6.22. The maximum atomic E-state index is 5.37. The molecule has 1 aliphatic heterocycles. The molecule has 2 heterocycles. The highest BCUT2D eigenvalue weighted by Crippen LogP contribution is 2.15. The number of likely N-dealkylation sites (N-methyl/N-ethyl adjacent to an activating group) is 1. The summed E-state index contributed by atoms with van der Waals surface area (Å²) in [5.74, 6) is 1.07. The minimum Gasteiger partial charge on any atom is -0.469 e. The molecule has 0 amide bonds. The minimum atomic E-state index is 0.487. The number of hydrogen-bond acceptors (Lipinski definition) is 3. The summed E-state index contributed by atoms with van der Waals surface area (Å²) < 4.78 is 5.37. The maximum absolute atomic E-state index is 5.37. The van der Waals surface area contributed by atoms with Gasteiger partial charge in [0.15, 0.2) is 0 Å². The third kappa shape index (κ3) is 3.58. The Bertz CT molecular complexity index is 310. The fraction of sp³-hybridized carbons (Fsp3) is 0.714. The number of furan rings is 1. The van der Waals surface area contributed by atoms with Gasteiger partial charge in [-0.3, -0.25) is 4.90 Å². The van der Waals surface area contributed by atoms with Gasteiger partial charge in [0, 0.05) is 25.0 Å². The van der Waals surface area contributed by atoms with Crippen LogP contribution in [0.4, 0.5) is 0 Å². The largest absolute Gasteiger partial charge is 0.469 e.